The number of hydrogen-bond donors (Lipinski definition) is 4. The molecule has 4 N–H and O–H groups in total. The van der Waals surface area contributed by atoms with Gasteiger partial charge in [-0.25, -0.2) is 4.98 Å². The van der Waals surface area contributed by atoms with Crippen LogP contribution in [-0.2, 0) is 10.9 Å². The van der Waals surface area contributed by atoms with Gasteiger partial charge < -0.3 is 25.2 Å². The van der Waals surface area contributed by atoms with Crippen LogP contribution in [0.5, 0.6) is 5.88 Å². The highest BCUT2D eigenvalue weighted by atomic mass is 19.4. The number of halogens is 3. The Morgan fingerprint density at radius 2 is 2.00 bits per heavy atom. The Morgan fingerprint density at radius 1 is 1.22 bits per heavy atom. The highest BCUT2D eigenvalue weighted by Gasteiger charge is 2.37. The van der Waals surface area contributed by atoms with Gasteiger partial charge in [0, 0.05) is 24.8 Å². The van der Waals surface area contributed by atoms with Crippen molar-refractivity contribution in [1.82, 2.24) is 20.2 Å². The molecule has 1 atom stereocenters. The Morgan fingerprint density at radius 3 is 2.50 bits per heavy atom. The van der Waals surface area contributed by atoms with Crippen molar-refractivity contribution < 1.29 is 27.8 Å². The molecule has 9 nitrogen and oxygen atoms in total. The third-order valence-electron chi connectivity index (χ3n) is 5.62. The minimum absolute atomic E-state index is 0.0179. The molecule has 3 heterocycles. The number of anilines is 3. The molecule has 3 fully saturated rings. The second kappa shape index (κ2) is 9.49. The highest BCUT2D eigenvalue weighted by molar-refractivity contribution is 5.65. The third kappa shape index (κ3) is 5.41. The molecule has 2 saturated carbocycles. The summed E-state index contributed by atoms with van der Waals surface area (Å²) < 4.78 is 49.8. The highest BCUT2D eigenvalue weighted by Crippen LogP contribution is 2.45. The second-order valence-electron chi connectivity index (χ2n) is 8.16. The van der Waals surface area contributed by atoms with Crippen molar-refractivity contribution in [3.8, 4) is 5.88 Å². The number of H-pyrrole nitrogens is 1. The molecule has 1 aliphatic heterocycles. The minimum Gasteiger partial charge on any atom is -0.478 e. The molecule has 12 heteroatoms. The van der Waals surface area contributed by atoms with Gasteiger partial charge in [0.1, 0.15) is 17.1 Å². The second-order valence-corrected chi connectivity index (χ2v) is 8.16. The van der Waals surface area contributed by atoms with Crippen molar-refractivity contribution in [2.75, 3.05) is 31.0 Å². The molecule has 2 aromatic rings. The summed E-state index contributed by atoms with van der Waals surface area (Å²) in [5, 5.41) is 21.5. The van der Waals surface area contributed by atoms with Crippen LogP contribution < -0.4 is 15.4 Å². The van der Waals surface area contributed by atoms with Crippen LogP contribution in [0.1, 0.15) is 55.7 Å². The van der Waals surface area contributed by atoms with E-state index >= 15 is 0 Å². The van der Waals surface area contributed by atoms with E-state index in [-0.39, 0.29) is 23.9 Å². The number of methoxy groups -OCH3 is 1. The molecule has 2 aliphatic carbocycles. The number of aliphatic hydroxyl groups excluding tert-OH is 1. The van der Waals surface area contributed by atoms with E-state index in [1.54, 1.807) is 0 Å². The van der Waals surface area contributed by atoms with Gasteiger partial charge in [-0.15, -0.1) is 5.10 Å². The molecule has 3 aliphatic rings. The Bertz CT molecular complexity index is 908. The summed E-state index contributed by atoms with van der Waals surface area (Å²) >= 11 is 0. The largest absolute Gasteiger partial charge is 0.478 e. The molecule has 2 aromatic heterocycles. The van der Waals surface area contributed by atoms with Crippen LogP contribution in [0.15, 0.2) is 6.20 Å². The molecular weight excluding hydrogens is 429 g/mol. The van der Waals surface area contributed by atoms with Gasteiger partial charge in [0.05, 0.1) is 25.5 Å². The lowest BCUT2D eigenvalue weighted by Crippen LogP contribution is -2.29. The van der Waals surface area contributed by atoms with E-state index in [4.69, 9.17) is 14.6 Å². The first kappa shape index (κ1) is 22.6. The zero-order valence-corrected chi connectivity index (χ0v) is 17.7. The summed E-state index contributed by atoms with van der Waals surface area (Å²) in [6, 6.07) is 0.0179. The van der Waals surface area contributed by atoms with Gasteiger partial charge >= 0.3 is 6.18 Å². The Kier molecular flexibility index (Phi) is 6.70. The van der Waals surface area contributed by atoms with Gasteiger partial charge in [0.2, 0.25) is 5.95 Å². The Hall–Kier alpha value is -2.60. The molecule has 32 heavy (non-hydrogen) atoms. The molecule has 0 bridgehead atoms. The van der Waals surface area contributed by atoms with Crippen LogP contribution in [0.2, 0.25) is 0 Å². The van der Waals surface area contributed by atoms with Gasteiger partial charge in [0.25, 0.3) is 5.88 Å². The predicted octanol–water partition coefficient (Wildman–Crippen LogP) is 3.58. The van der Waals surface area contributed by atoms with E-state index in [9.17, 15) is 13.2 Å². The van der Waals surface area contributed by atoms with E-state index in [1.165, 1.54) is 7.11 Å². The van der Waals surface area contributed by atoms with Crippen molar-refractivity contribution in [3.63, 3.8) is 0 Å². The number of ether oxygens (including phenoxy) is 2. The first-order valence-electron chi connectivity index (χ1n) is 10.7. The number of aromatic amines is 1. The number of hydrogen-bond acceptors (Lipinski definition) is 8. The Labute approximate surface area is 183 Å². The summed E-state index contributed by atoms with van der Waals surface area (Å²) in [6.45, 7) is 1.28. The fourth-order valence-corrected chi connectivity index (χ4v) is 3.41. The third-order valence-corrected chi connectivity index (χ3v) is 5.62. The molecule has 176 valence electrons. The van der Waals surface area contributed by atoms with Gasteiger partial charge in [-0.2, -0.15) is 18.2 Å². The summed E-state index contributed by atoms with van der Waals surface area (Å²) in [6.07, 6.45) is 1.68. The van der Waals surface area contributed by atoms with Crippen molar-refractivity contribution in [1.29, 1.82) is 0 Å². The van der Waals surface area contributed by atoms with E-state index in [0.29, 0.717) is 24.1 Å². The SMILES string of the molecule is COc1n[nH]c(C2CC2)c1Nc1ncc(C(F)(F)F)c(NC2CCC2)n1.O[C@H]1CCOC1. The van der Waals surface area contributed by atoms with Crippen LogP contribution in [0, 0.1) is 0 Å². The quantitative estimate of drug-likeness (QED) is 0.521. The zero-order chi connectivity index (χ0) is 22.7. The van der Waals surface area contributed by atoms with Gasteiger partial charge in [-0.3, -0.25) is 5.10 Å². The van der Waals surface area contributed by atoms with E-state index in [0.717, 1.165) is 57.0 Å². The van der Waals surface area contributed by atoms with Crippen LogP contribution in [-0.4, -0.2) is 57.7 Å². The average molecular weight is 456 g/mol. The maximum Gasteiger partial charge on any atom is 0.421 e. The molecule has 0 spiro atoms. The zero-order valence-electron chi connectivity index (χ0n) is 17.7. The molecule has 1 saturated heterocycles. The van der Waals surface area contributed by atoms with Gasteiger partial charge in [-0.05, 0) is 38.5 Å². The van der Waals surface area contributed by atoms with Crippen molar-refractivity contribution in [2.24, 2.45) is 0 Å². The first-order valence-corrected chi connectivity index (χ1v) is 10.7. The summed E-state index contributed by atoms with van der Waals surface area (Å²) in [5.41, 5.74) is 0.569. The van der Waals surface area contributed by atoms with Crippen LogP contribution >= 0.6 is 0 Å². The molecule has 0 amide bonds. The minimum atomic E-state index is -4.52. The maximum absolute atomic E-state index is 13.3. The lowest BCUT2D eigenvalue weighted by molar-refractivity contribution is -0.137. The fraction of sp³-hybridized carbons (Fsp3) is 0.650. The number of aliphatic hydroxyl groups is 1. The predicted molar refractivity (Wildman–Crippen MR) is 110 cm³/mol. The monoisotopic (exact) mass is 456 g/mol. The molecule has 0 radical (unpaired) electrons. The molecular formula is C20H27F3N6O3. The maximum atomic E-state index is 13.3. The van der Waals surface area contributed by atoms with Gasteiger partial charge in [0.15, 0.2) is 0 Å². The number of nitrogens with zero attached hydrogens (tertiary/aromatic N) is 3. The number of alkyl halides is 3. The van der Waals surface area contributed by atoms with E-state index in [2.05, 4.69) is 30.8 Å². The summed E-state index contributed by atoms with van der Waals surface area (Å²) in [4.78, 5) is 7.93. The van der Waals surface area contributed by atoms with E-state index in [1.807, 2.05) is 0 Å². The Balaban J connectivity index is 0.000000354. The smallest absolute Gasteiger partial charge is 0.421 e. The number of nitrogens with one attached hydrogen (secondary N) is 3. The molecule has 5 rings (SSSR count). The van der Waals surface area contributed by atoms with Crippen LogP contribution in [0.3, 0.4) is 0 Å². The van der Waals surface area contributed by atoms with Crippen molar-refractivity contribution in [2.45, 2.75) is 62.8 Å². The normalized spacial score (nSPS) is 20.8. The average Bonchev–Trinajstić information content (AvgIpc) is 3.31. The summed E-state index contributed by atoms with van der Waals surface area (Å²) in [5.74, 6) is 0.552. The van der Waals surface area contributed by atoms with E-state index < -0.39 is 11.7 Å². The van der Waals surface area contributed by atoms with Crippen molar-refractivity contribution in [3.05, 3.63) is 17.5 Å². The van der Waals surface area contributed by atoms with Crippen molar-refractivity contribution >= 4 is 17.5 Å². The van der Waals surface area contributed by atoms with Crippen LogP contribution in [0.4, 0.5) is 30.6 Å². The van der Waals surface area contributed by atoms with Gasteiger partial charge in [-0.1, -0.05) is 0 Å². The molecule has 0 aromatic carbocycles. The summed E-state index contributed by atoms with van der Waals surface area (Å²) in [7, 11) is 1.48. The standard InChI is InChI=1S/C16H19F3N6O.C4H8O2/c1-26-14-12(11(24-25-14)8-5-6-8)22-15-20-7-10(16(17,18)19)13(23-15)21-9-3-2-4-9;5-4-1-2-6-3-4/h7-9H,2-6H2,1H3,(H,24,25)(H2,20,21,22,23);4-5H,1-3H2/t;4-/m.0/s1. The lowest BCUT2D eigenvalue weighted by Gasteiger charge is -2.28. The molecule has 0 unspecified atom stereocenters. The van der Waals surface area contributed by atoms with Crippen LogP contribution in [0.25, 0.3) is 0 Å². The number of rotatable bonds is 6. The fourth-order valence-electron chi connectivity index (χ4n) is 3.41. The number of aromatic nitrogens is 4. The first-order chi connectivity index (χ1) is 15.3. The lowest BCUT2D eigenvalue weighted by atomic mass is 9.93. The topological polar surface area (TPSA) is 117 Å².